The molecule has 3 aromatic carbocycles. The molecule has 3 heteroatoms. The predicted octanol–water partition coefficient (Wildman–Crippen LogP) is 4.67. The van der Waals surface area contributed by atoms with Crippen LogP contribution >= 0.6 is 0 Å². The molecule has 0 heterocycles. The van der Waals surface area contributed by atoms with Crippen molar-refractivity contribution >= 4 is 22.4 Å². The van der Waals surface area contributed by atoms with Crippen molar-refractivity contribution < 1.29 is 9.53 Å². The minimum absolute atomic E-state index is 0.314. The van der Waals surface area contributed by atoms with Gasteiger partial charge in [0.2, 0.25) is 0 Å². The van der Waals surface area contributed by atoms with E-state index >= 15 is 0 Å². The van der Waals surface area contributed by atoms with Gasteiger partial charge in [0.1, 0.15) is 0 Å². The molecule has 0 saturated carbocycles. The van der Waals surface area contributed by atoms with Crippen LogP contribution in [0, 0.1) is 0 Å². The van der Waals surface area contributed by atoms with Gasteiger partial charge >= 0.3 is 5.97 Å². The van der Waals surface area contributed by atoms with Crippen molar-refractivity contribution in [1.29, 1.82) is 0 Å². The highest BCUT2D eigenvalue weighted by molar-refractivity contribution is 6.06. The zero-order chi connectivity index (χ0) is 16.8. The van der Waals surface area contributed by atoms with E-state index in [1.54, 1.807) is 0 Å². The molecule has 0 radical (unpaired) electrons. The maximum atomic E-state index is 12.1. The third-order valence-electron chi connectivity index (χ3n) is 4.12. The molecule has 0 amide bonds. The highest BCUT2D eigenvalue weighted by Gasteiger charge is 2.14. The Labute approximate surface area is 142 Å². The monoisotopic (exact) mass is 319 g/mol. The van der Waals surface area contributed by atoms with E-state index in [0.29, 0.717) is 5.56 Å². The van der Waals surface area contributed by atoms with Crippen molar-refractivity contribution in [3.63, 3.8) is 0 Å². The van der Waals surface area contributed by atoms with Crippen LogP contribution in [0.2, 0.25) is 0 Å². The zero-order valence-corrected chi connectivity index (χ0v) is 13.8. The summed E-state index contributed by atoms with van der Waals surface area (Å²) in [6, 6.07) is 22.3. The number of benzene rings is 3. The minimum Gasteiger partial charge on any atom is -0.465 e. The van der Waals surface area contributed by atoms with Crippen molar-refractivity contribution in [2.75, 3.05) is 19.0 Å². The number of fused-ring (bicyclic) bond motifs is 1. The van der Waals surface area contributed by atoms with Crippen molar-refractivity contribution in [3.8, 4) is 0 Å². The quantitative estimate of drug-likeness (QED) is 0.530. The topological polar surface area (TPSA) is 38.3 Å². The second kappa shape index (κ2) is 7.64. The number of carbonyl (C=O) groups excluding carboxylic acids is 1. The summed E-state index contributed by atoms with van der Waals surface area (Å²) in [6.45, 7) is 0.799. The van der Waals surface area contributed by atoms with Crippen molar-refractivity contribution in [3.05, 3.63) is 77.9 Å². The summed E-state index contributed by atoms with van der Waals surface area (Å²) < 4.78 is 4.92. The number of carbonyl (C=O) groups is 1. The van der Waals surface area contributed by atoms with Crippen LogP contribution in [-0.2, 0) is 11.2 Å². The molecule has 24 heavy (non-hydrogen) atoms. The van der Waals surface area contributed by atoms with E-state index in [9.17, 15) is 4.79 Å². The number of nitrogens with one attached hydrogen (secondary N) is 1. The third-order valence-corrected chi connectivity index (χ3v) is 4.12. The highest BCUT2D eigenvalue weighted by Crippen LogP contribution is 2.28. The van der Waals surface area contributed by atoms with Crippen molar-refractivity contribution in [1.82, 2.24) is 0 Å². The van der Waals surface area contributed by atoms with Crippen LogP contribution in [0.1, 0.15) is 22.3 Å². The first kappa shape index (κ1) is 16.1. The minimum atomic E-state index is -0.314. The maximum Gasteiger partial charge on any atom is 0.339 e. The van der Waals surface area contributed by atoms with Gasteiger partial charge in [-0.1, -0.05) is 60.7 Å². The van der Waals surface area contributed by atoms with Gasteiger partial charge in [-0.05, 0) is 29.9 Å². The van der Waals surface area contributed by atoms with E-state index < -0.39 is 0 Å². The van der Waals surface area contributed by atoms with E-state index in [1.165, 1.54) is 12.7 Å². The van der Waals surface area contributed by atoms with E-state index in [1.807, 2.05) is 42.5 Å². The summed E-state index contributed by atoms with van der Waals surface area (Å²) >= 11 is 0. The number of ether oxygens (including phenoxy) is 1. The molecule has 0 aliphatic rings. The molecular formula is C21H21NO2. The number of rotatable bonds is 6. The second-order valence-electron chi connectivity index (χ2n) is 5.72. The zero-order valence-electron chi connectivity index (χ0n) is 13.8. The Morgan fingerprint density at radius 2 is 1.71 bits per heavy atom. The lowest BCUT2D eigenvalue weighted by Crippen LogP contribution is -2.10. The fourth-order valence-electron chi connectivity index (χ4n) is 2.89. The smallest absolute Gasteiger partial charge is 0.339 e. The fourth-order valence-corrected chi connectivity index (χ4v) is 2.89. The molecule has 0 atom stereocenters. The van der Waals surface area contributed by atoms with Crippen LogP contribution in [0.5, 0.6) is 0 Å². The lowest BCUT2D eigenvalue weighted by Gasteiger charge is -2.14. The van der Waals surface area contributed by atoms with Crippen LogP contribution in [0.3, 0.4) is 0 Å². The number of methoxy groups -OCH3 is 1. The summed E-state index contributed by atoms with van der Waals surface area (Å²) in [5.41, 5.74) is 2.76. The molecule has 0 fully saturated rings. The summed E-state index contributed by atoms with van der Waals surface area (Å²) in [5, 5.41) is 5.59. The van der Waals surface area contributed by atoms with Gasteiger partial charge in [-0.15, -0.1) is 0 Å². The van der Waals surface area contributed by atoms with Gasteiger partial charge in [-0.3, -0.25) is 0 Å². The molecule has 0 aliphatic carbocycles. The molecule has 0 bridgehead atoms. The molecule has 3 rings (SSSR count). The molecule has 3 nitrogen and oxygen atoms in total. The lowest BCUT2D eigenvalue weighted by molar-refractivity contribution is 0.0602. The first-order valence-corrected chi connectivity index (χ1v) is 8.17. The normalized spacial score (nSPS) is 10.5. The Kier molecular flexibility index (Phi) is 5.12. The number of anilines is 1. The Hall–Kier alpha value is -2.81. The number of esters is 1. The Morgan fingerprint density at radius 1 is 0.958 bits per heavy atom. The van der Waals surface area contributed by atoms with Gasteiger partial charge in [0.05, 0.1) is 18.4 Å². The van der Waals surface area contributed by atoms with Crippen LogP contribution < -0.4 is 5.32 Å². The van der Waals surface area contributed by atoms with Crippen LogP contribution in [0.25, 0.3) is 10.8 Å². The van der Waals surface area contributed by atoms with Crippen LogP contribution in [0.4, 0.5) is 5.69 Å². The first-order valence-electron chi connectivity index (χ1n) is 8.17. The van der Waals surface area contributed by atoms with Gasteiger partial charge < -0.3 is 10.1 Å². The van der Waals surface area contributed by atoms with Crippen LogP contribution in [-0.4, -0.2) is 19.6 Å². The lowest BCUT2D eigenvalue weighted by atomic mass is 10.0. The fraction of sp³-hybridized carbons (Fsp3) is 0.190. The summed E-state index contributed by atoms with van der Waals surface area (Å²) in [4.78, 5) is 12.1. The van der Waals surface area contributed by atoms with Crippen LogP contribution in [0.15, 0.2) is 66.7 Å². The number of aryl methyl sites for hydroxylation is 1. The van der Waals surface area contributed by atoms with Gasteiger partial charge in [-0.25, -0.2) is 4.79 Å². The molecule has 0 aliphatic heterocycles. The average molecular weight is 319 g/mol. The summed E-state index contributed by atoms with van der Waals surface area (Å²) in [6.07, 6.45) is 2.00. The van der Waals surface area contributed by atoms with Gasteiger partial charge in [0.25, 0.3) is 0 Å². The Bertz CT molecular complexity index is 828. The summed E-state index contributed by atoms with van der Waals surface area (Å²) in [5.74, 6) is -0.314. The largest absolute Gasteiger partial charge is 0.465 e. The maximum absolute atomic E-state index is 12.1. The standard InChI is InChI=1S/C21H21NO2/c1-24-21(23)19-14-13-17-11-5-6-12-18(17)20(19)22-15-7-10-16-8-3-2-4-9-16/h2-6,8-9,11-14,22H,7,10,15H2,1H3. The molecule has 0 saturated heterocycles. The number of hydrogen-bond donors (Lipinski definition) is 1. The molecule has 0 unspecified atom stereocenters. The molecule has 0 spiro atoms. The molecule has 0 aromatic heterocycles. The SMILES string of the molecule is COC(=O)c1ccc2ccccc2c1NCCCc1ccccc1. The third kappa shape index (κ3) is 3.57. The molecule has 1 N–H and O–H groups in total. The van der Waals surface area contributed by atoms with Crippen molar-refractivity contribution in [2.45, 2.75) is 12.8 Å². The Balaban J connectivity index is 1.77. The van der Waals surface area contributed by atoms with E-state index in [-0.39, 0.29) is 5.97 Å². The Morgan fingerprint density at radius 3 is 2.50 bits per heavy atom. The van der Waals surface area contributed by atoms with E-state index in [4.69, 9.17) is 4.74 Å². The predicted molar refractivity (Wildman–Crippen MR) is 98.5 cm³/mol. The van der Waals surface area contributed by atoms with E-state index in [0.717, 1.165) is 35.8 Å². The van der Waals surface area contributed by atoms with Gasteiger partial charge in [0.15, 0.2) is 0 Å². The second-order valence-corrected chi connectivity index (χ2v) is 5.72. The summed E-state index contributed by atoms with van der Waals surface area (Å²) in [7, 11) is 1.41. The molecule has 122 valence electrons. The highest BCUT2D eigenvalue weighted by atomic mass is 16.5. The van der Waals surface area contributed by atoms with Gasteiger partial charge in [0, 0.05) is 11.9 Å². The molecular weight excluding hydrogens is 298 g/mol. The van der Waals surface area contributed by atoms with Gasteiger partial charge in [-0.2, -0.15) is 0 Å². The number of hydrogen-bond acceptors (Lipinski definition) is 3. The average Bonchev–Trinajstić information content (AvgIpc) is 2.65. The van der Waals surface area contributed by atoms with E-state index in [2.05, 4.69) is 29.6 Å². The first-order chi connectivity index (χ1) is 11.8. The van der Waals surface area contributed by atoms with Crippen molar-refractivity contribution in [2.24, 2.45) is 0 Å². The molecule has 3 aromatic rings.